The molecule has 1 fully saturated rings. The standard InChI is InChI=1S/C22H26ClNO4/c1-3-28-19-11-8-16(13-20(19)27-2)21(15-6-9-18(23)10-7-15)24-12-4-5-17(14-24)22(25)26/h6-11,13,17,21H,3-5,12,14H2,1-2H3,(H,25,26). The highest BCUT2D eigenvalue weighted by Crippen LogP contribution is 2.37. The summed E-state index contributed by atoms with van der Waals surface area (Å²) < 4.78 is 11.2. The lowest BCUT2D eigenvalue weighted by Gasteiger charge is -2.37. The minimum Gasteiger partial charge on any atom is -0.493 e. The summed E-state index contributed by atoms with van der Waals surface area (Å²) in [6.45, 7) is 3.84. The number of benzene rings is 2. The zero-order valence-electron chi connectivity index (χ0n) is 16.2. The largest absolute Gasteiger partial charge is 0.493 e. The molecule has 2 unspecified atom stereocenters. The number of halogens is 1. The second kappa shape index (κ2) is 9.30. The quantitative estimate of drug-likeness (QED) is 0.730. The molecule has 1 aliphatic heterocycles. The normalized spacial score (nSPS) is 18.5. The van der Waals surface area contributed by atoms with E-state index >= 15 is 0 Å². The maximum atomic E-state index is 11.6. The summed E-state index contributed by atoms with van der Waals surface area (Å²) in [6, 6.07) is 13.6. The number of carbonyl (C=O) groups is 1. The molecule has 2 aromatic rings. The first kappa shape index (κ1) is 20.5. The van der Waals surface area contributed by atoms with Crippen molar-refractivity contribution in [2.75, 3.05) is 26.8 Å². The average molecular weight is 404 g/mol. The Morgan fingerprint density at radius 1 is 1.21 bits per heavy atom. The number of carboxylic acid groups (broad SMARTS) is 1. The number of likely N-dealkylation sites (tertiary alicyclic amines) is 1. The van der Waals surface area contributed by atoms with E-state index in [9.17, 15) is 9.90 Å². The lowest BCUT2D eigenvalue weighted by Crippen LogP contribution is -2.41. The van der Waals surface area contributed by atoms with Gasteiger partial charge in [0.05, 0.1) is 25.7 Å². The number of hydrogen-bond acceptors (Lipinski definition) is 4. The Morgan fingerprint density at radius 3 is 2.57 bits per heavy atom. The average Bonchev–Trinajstić information content (AvgIpc) is 2.71. The third-order valence-corrected chi connectivity index (χ3v) is 5.41. The first-order valence-electron chi connectivity index (χ1n) is 9.56. The van der Waals surface area contributed by atoms with Gasteiger partial charge in [0.1, 0.15) is 0 Å². The molecular formula is C22H26ClNO4. The molecule has 2 aromatic carbocycles. The van der Waals surface area contributed by atoms with Gasteiger partial charge >= 0.3 is 5.97 Å². The van der Waals surface area contributed by atoms with Crippen LogP contribution in [0.5, 0.6) is 11.5 Å². The van der Waals surface area contributed by atoms with Gasteiger partial charge in [-0.2, -0.15) is 0 Å². The lowest BCUT2D eigenvalue weighted by molar-refractivity contribution is -0.143. The van der Waals surface area contributed by atoms with Gasteiger partial charge in [-0.25, -0.2) is 0 Å². The Hall–Kier alpha value is -2.24. The van der Waals surface area contributed by atoms with Gasteiger partial charge in [-0.1, -0.05) is 29.8 Å². The summed E-state index contributed by atoms with van der Waals surface area (Å²) in [6.07, 6.45) is 1.57. The molecule has 1 aliphatic rings. The van der Waals surface area contributed by atoms with Crippen LogP contribution in [-0.4, -0.2) is 42.8 Å². The zero-order valence-corrected chi connectivity index (χ0v) is 17.0. The fourth-order valence-electron chi connectivity index (χ4n) is 3.83. The van der Waals surface area contributed by atoms with Crippen LogP contribution < -0.4 is 9.47 Å². The molecule has 1 saturated heterocycles. The molecule has 6 heteroatoms. The first-order valence-corrected chi connectivity index (χ1v) is 9.94. The number of ether oxygens (including phenoxy) is 2. The van der Waals surface area contributed by atoms with Crippen LogP contribution in [0.4, 0.5) is 0 Å². The number of carboxylic acids is 1. The third kappa shape index (κ3) is 4.59. The monoisotopic (exact) mass is 403 g/mol. The third-order valence-electron chi connectivity index (χ3n) is 5.16. The smallest absolute Gasteiger partial charge is 0.307 e. The van der Waals surface area contributed by atoms with Crippen LogP contribution in [0, 0.1) is 5.92 Å². The molecule has 28 heavy (non-hydrogen) atoms. The Bertz CT molecular complexity index is 809. The summed E-state index contributed by atoms with van der Waals surface area (Å²) >= 11 is 6.09. The highest BCUT2D eigenvalue weighted by molar-refractivity contribution is 6.30. The number of hydrogen-bond donors (Lipinski definition) is 1. The number of nitrogens with zero attached hydrogens (tertiary/aromatic N) is 1. The van der Waals surface area contributed by atoms with Gasteiger partial charge in [-0.3, -0.25) is 9.69 Å². The molecule has 1 heterocycles. The van der Waals surface area contributed by atoms with Crippen LogP contribution in [0.3, 0.4) is 0 Å². The fourth-order valence-corrected chi connectivity index (χ4v) is 3.96. The molecule has 0 aromatic heterocycles. The van der Waals surface area contributed by atoms with Gasteiger partial charge in [0.15, 0.2) is 11.5 Å². The van der Waals surface area contributed by atoms with Crippen molar-refractivity contribution in [3.8, 4) is 11.5 Å². The predicted molar refractivity (Wildman–Crippen MR) is 109 cm³/mol. The van der Waals surface area contributed by atoms with E-state index in [-0.39, 0.29) is 12.0 Å². The molecule has 3 rings (SSSR count). The molecule has 0 bridgehead atoms. The molecule has 0 radical (unpaired) electrons. The summed E-state index contributed by atoms with van der Waals surface area (Å²) in [5.74, 6) is 0.285. The van der Waals surface area contributed by atoms with E-state index < -0.39 is 5.97 Å². The van der Waals surface area contributed by atoms with E-state index in [1.807, 2.05) is 49.4 Å². The minimum atomic E-state index is -0.733. The maximum absolute atomic E-state index is 11.6. The molecule has 0 aliphatic carbocycles. The maximum Gasteiger partial charge on any atom is 0.307 e. The molecular weight excluding hydrogens is 378 g/mol. The molecule has 0 amide bonds. The molecule has 150 valence electrons. The summed E-state index contributed by atoms with van der Waals surface area (Å²) in [7, 11) is 1.63. The van der Waals surface area contributed by atoms with Crippen molar-refractivity contribution in [2.45, 2.75) is 25.8 Å². The van der Waals surface area contributed by atoms with Crippen molar-refractivity contribution in [3.05, 3.63) is 58.6 Å². The van der Waals surface area contributed by atoms with Gasteiger partial charge in [-0.15, -0.1) is 0 Å². The van der Waals surface area contributed by atoms with Gasteiger partial charge < -0.3 is 14.6 Å². The van der Waals surface area contributed by atoms with Crippen molar-refractivity contribution in [3.63, 3.8) is 0 Å². The Morgan fingerprint density at radius 2 is 1.93 bits per heavy atom. The molecule has 2 atom stereocenters. The van der Waals surface area contributed by atoms with E-state index in [1.54, 1.807) is 7.11 Å². The minimum absolute atomic E-state index is 0.0796. The molecule has 5 nitrogen and oxygen atoms in total. The Labute approximate surface area is 170 Å². The topological polar surface area (TPSA) is 59.0 Å². The van der Waals surface area contributed by atoms with Gasteiger partial charge in [0.2, 0.25) is 0 Å². The second-order valence-electron chi connectivity index (χ2n) is 6.97. The highest BCUT2D eigenvalue weighted by atomic mass is 35.5. The van der Waals surface area contributed by atoms with Crippen molar-refractivity contribution >= 4 is 17.6 Å². The highest BCUT2D eigenvalue weighted by Gasteiger charge is 2.31. The van der Waals surface area contributed by atoms with Crippen molar-refractivity contribution in [2.24, 2.45) is 5.92 Å². The van der Waals surface area contributed by atoms with E-state index in [0.29, 0.717) is 36.1 Å². The van der Waals surface area contributed by atoms with E-state index in [4.69, 9.17) is 21.1 Å². The number of rotatable bonds is 7. The van der Waals surface area contributed by atoms with Crippen LogP contribution in [0.15, 0.2) is 42.5 Å². The Balaban J connectivity index is 2.01. The summed E-state index contributed by atoms with van der Waals surface area (Å²) in [5, 5.41) is 10.2. The fraction of sp³-hybridized carbons (Fsp3) is 0.409. The van der Waals surface area contributed by atoms with Crippen LogP contribution in [0.1, 0.15) is 36.9 Å². The van der Waals surface area contributed by atoms with E-state index in [0.717, 1.165) is 24.1 Å². The van der Waals surface area contributed by atoms with Crippen molar-refractivity contribution in [1.29, 1.82) is 0 Å². The van der Waals surface area contributed by atoms with Crippen LogP contribution in [0.2, 0.25) is 5.02 Å². The number of methoxy groups -OCH3 is 1. The van der Waals surface area contributed by atoms with Crippen molar-refractivity contribution in [1.82, 2.24) is 4.90 Å². The second-order valence-corrected chi connectivity index (χ2v) is 7.41. The predicted octanol–water partition coefficient (Wildman–Crippen LogP) is 4.63. The molecule has 0 spiro atoms. The van der Waals surface area contributed by atoms with E-state index in [1.165, 1.54) is 0 Å². The number of aliphatic carboxylic acids is 1. The van der Waals surface area contributed by atoms with Crippen molar-refractivity contribution < 1.29 is 19.4 Å². The van der Waals surface area contributed by atoms with Gasteiger partial charge in [-0.05, 0) is 61.7 Å². The number of piperidine rings is 1. The van der Waals surface area contributed by atoms with Gasteiger partial charge in [0, 0.05) is 11.6 Å². The van der Waals surface area contributed by atoms with Crippen LogP contribution in [-0.2, 0) is 4.79 Å². The van der Waals surface area contributed by atoms with Crippen LogP contribution in [0.25, 0.3) is 0 Å². The van der Waals surface area contributed by atoms with Crippen LogP contribution >= 0.6 is 11.6 Å². The SMILES string of the molecule is CCOc1ccc(C(c2ccc(Cl)cc2)N2CCCC(C(=O)O)C2)cc1OC. The summed E-state index contributed by atoms with van der Waals surface area (Å²) in [4.78, 5) is 13.8. The zero-order chi connectivity index (χ0) is 20.1. The Kier molecular flexibility index (Phi) is 6.81. The first-order chi connectivity index (χ1) is 13.5. The molecule has 0 saturated carbocycles. The molecule has 1 N–H and O–H groups in total. The van der Waals surface area contributed by atoms with E-state index in [2.05, 4.69) is 4.90 Å². The summed E-state index contributed by atoms with van der Waals surface area (Å²) in [5.41, 5.74) is 2.11. The lowest BCUT2D eigenvalue weighted by atomic mass is 9.91. The van der Waals surface area contributed by atoms with Gasteiger partial charge in [0.25, 0.3) is 0 Å².